The molecule has 1 aromatic carbocycles. The van der Waals surface area contributed by atoms with Crippen molar-refractivity contribution in [3.63, 3.8) is 0 Å². The van der Waals surface area contributed by atoms with Gasteiger partial charge < -0.3 is 14.8 Å². The third-order valence-corrected chi connectivity index (χ3v) is 2.53. The maximum atomic E-state index is 11.6. The molecular weight excluding hydrogens is 206 g/mol. The van der Waals surface area contributed by atoms with Crippen LogP contribution in [0, 0.1) is 0 Å². The molecule has 84 valence electrons. The van der Waals surface area contributed by atoms with Gasteiger partial charge in [0.25, 0.3) is 5.56 Å². The number of ether oxygens (including phenoxy) is 1. The fourth-order valence-electron chi connectivity index (χ4n) is 1.63. The summed E-state index contributed by atoms with van der Waals surface area (Å²) in [7, 11) is 1.57. The molecule has 2 N–H and O–H groups in total. The van der Waals surface area contributed by atoms with Crippen LogP contribution in [0.15, 0.2) is 29.1 Å². The van der Waals surface area contributed by atoms with E-state index in [0.29, 0.717) is 16.8 Å². The topological polar surface area (TPSA) is 62.3 Å². The van der Waals surface area contributed by atoms with E-state index >= 15 is 0 Å². The molecular formula is C12H13NO3. The average molecular weight is 219 g/mol. The van der Waals surface area contributed by atoms with Gasteiger partial charge in [0.2, 0.25) is 0 Å². The molecule has 1 heterocycles. The van der Waals surface area contributed by atoms with Crippen LogP contribution >= 0.6 is 0 Å². The van der Waals surface area contributed by atoms with Gasteiger partial charge in [0, 0.05) is 11.6 Å². The van der Waals surface area contributed by atoms with Crippen molar-refractivity contribution < 1.29 is 9.84 Å². The van der Waals surface area contributed by atoms with Crippen LogP contribution in [0.4, 0.5) is 0 Å². The molecule has 0 aliphatic heterocycles. The maximum absolute atomic E-state index is 11.6. The first-order chi connectivity index (χ1) is 7.61. The fraction of sp³-hybridized carbons (Fsp3) is 0.250. The lowest BCUT2D eigenvalue weighted by atomic mass is 10.1. The number of methoxy groups -OCH3 is 1. The third kappa shape index (κ3) is 1.79. The van der Waals surface area contributed by atoms with Crippen LogP contribution in [-0.4, -0.2) is 17.2 Å². The van der Waals surface area contributed by atoms with Crippen LogP contribution in [0.25, 0.3) is 10.9 Å². The Kier molecular flexibility index (Phi) is 2.66. The predicted octanol–water partition coefficient (Wildman–Crippen LogP) is 1.59. The second kappa shape index (κ2) is 3.98. The Hall–Kier alpha value is -1.81. The summed E-state index contributed by atoms with van der Waals surface area (Å²) in [6, 6.07) is 7.10. The fourth-order valence-corrected chi connectivity index (χ4v) is 1.63. The number of pyridine rings is 1. The van der Waals surface area contributed by atoms with Crippen LogP contribution in [0.3, 0.4) is 0 Å². The van der Waals surface area contributed by atoms with E-state index in [4.69, 9.17) is 4.74 Å². The summed E-state index contributed by atoms with van der Waals surface area (Å²) >= 11 is 0. The number of fused-ring (bicyclic) bond motifs is 1. The number of nitrogens with one attached hydrogen (secondary N) is 1. The van der Waals surface area contributed by atoms with Crippen LogP contribution in [0.2, 0.25) is 0 Å². The summed E-state index contributed by atoms with van der Waals surface area (Å²) in [5.41, 5.74) is 0.808. The Morgan fingerprint density at radius 3 is 2.75 bits per heavy atom. The average Bonchev–Trinajstić information content (AvgIpc) is 2.27. The third-order valence-electron chi connectivity index (χ3n) is 2.53. The van der Waals surface area contributed by atoms with E-state index in [1.54, 1.807) is 26.2 Å². The molecule has 4 heteroatoms. The summed E-state index contributed by atoms with van der Waals surface area (Å²) in [5, 5.41) is 10.3. The molecule has 1 unspecified atom stereocenters. The van der Waals surface area contributed by atoms with Gasteiger partial charge in [0.05, 0.1) is 18.7 Å². The zero-order valence-electron chi connectivity index (χ0n) is 9.15. The van der Waals surface area contributed by atoms with Crippen LogP contribution in [-0.2, 0) is 0 Å². The van der Waals surface area contributed by atoms with E-state index in [1.807, 2.05) is 12.1 Å². The minimum atomic E-state index is -0.768. The lowest BCUT2D eigenvalue weighted by Gasteiger charge is -2.06. The van der Waals surface area contributed by atoms with Crippen LogP contribution in [0.5, 0.6) is 5.75 Å². The van der Waals surface area contributed by atoms with Crippen molar-refractivity contribution in [1.82, 2.24) is 4.98 Å². The summed E-state index contributed by atoms with van der Waals surface area (Å²) in [6.45, 7) is 1.57. The van der Waals surface area contributed by atoms with E-state index in [2.05, 4.69) is 4.98 Å². The first kappa shape index (κ1) is 10.7. The van der Waals surface area contributed by atoms with Gasteiger partial charge in [-0.1, -0.05) is 0 Å². The molecule has 0 bridgehead atoms. The van der Waals surface area contributed by atoms with E-state index < -0.39 is 6.10 Å². The predicted molar refractivity (Wildman–Crippen MR) is 61.8 cm³/mol. The second-order valence-electron chi connectivity index (χ2n) is 3.68. The molecule has 2 aromatic rings. The molecule has 4 nitrogen and oxygen atoms in total. The summed E-state index contributed by atoms with van der Waals surface area (Å²) < 4.78 is 5.07. The molecule has 0 spiro atoms. The number of hydrogen-bond donors (Lipinski definition) is 2. The zero-order chi connectivity index (χ0) is 11.7. The first-order valence-electron chi connectivity index (χ1n) is 5.01. The number of H-pyrrole nitrogens is 1. The maximum Gasteiger partial charge on any atom is 0.254 e. The number of hydrogen-bond acceptors (Lipinski definition) is 3. The summed E-state index contributed by atoms with van der Waals surface area (Å²) in [6.07, 6.45) is -0.768. The lowest BCUT2D eigenvalue weighted by molar-refractivity contribution is 0.198. The van der Waals surface area contributed by atoms with Crippen molar-refractivity contribution >= 4 is 10.9 Å². The van der Waals surface area contributed by atoms with E-state index in [1.165, 1.54) is 0 Å². The smallest absolute Gasteiger partial charge is 0.254 e. The number of aliphatic hydroxyl groups is 1. The molecule has 0 aliphatic rings. The van der Waals surface area contributed by atoms with Crippen molar-refractivity contribution in [3.05, 3.63) is 40.2 Å². The van der Waals surface area contributed by atoms with Gasteiger partial charge in [0.1, 0.15) is 5.75 Å². The summed E-state index contributed by atoms with van der Waals surface area (Å²) in [4.78, 5) is 14.3. The number of aromatic amines is 1. The Labute approximate surface area is 92.5 Å². The SMILES string of the molecule is COc1ccc2cc(C(C)O)c(=O)[nH]c2c1. The molecule has 0 saturated heterocycles. The van der Waals surface area contributed by atoms with Crippen LogP contribution < -0.4 is 10.3 Å². The number of aromatic nitrogens is 1. The van der Waals surface area contributed by atoms with Crippen molar-refractivity contribution in [2.75, 3.05) is 7.11 Å². The first-order valence-corrected chi connectivity index (χ1v) is 5.01. The normalized spacial score (nSPS) is 12.7. The van der Waals surface area contributed by atoms with E-state index in [-0.39, 0.29) is 5.56 Å². The highest BCUT2D eigenvalue weighted by Gasteiger charge is 2.08. The Balaban J connectivity index is 2.69. The minimum absolute atomic E-state index is 0.268. The number of aliphatic hydroxyl groups excluding tert-OH is 1. The minimum Gasteiger partial charge on any atom is -0.497 e. The molecule has 0 amide bonds. The highest BCUT2D eigenvalue weighted by Crippen LogP contribution is 2.19. The van der Waals surface area contributed by atoms with E-state index in [0.717, 1.165) is 5.39 Å². The Morgan fingerprint density at radius 2 is 2.12 bits per heavy atom. The zero-order valence-corrected chi connectivity index (χ0v) is 9.15. The van der Waals surface area contributed by atoms with Crippen molar-refractivity contribution in [3.8, 4) is 5.75 Å². The molecule has 1 aromatic heterocycles. The molecule has 0 radical (unpaired) electrons. The molecule has 16 heavy (non-hydrogen) atoms. The van der Waals surface area contributed by atoms with Gasteiger partial charge in [-0.15, -0.1) is 0 Å². The van der Waals surface area contributed by atoms with Crippen molar-refractivity contribution in [2.24, 2.45) is 0 Å². The van der Waals surface area contributed by atoms with Crippen molar-refractivity contribution in [2.45, 2.75) is 13.0 Å². The highest BCUT2D eigenvalue weighted by molar-refractivity contribution is 5.80. The van der Waals surface area contributed by atoms with Gasteiger partial charge >= 0.3 is 0 Å². The highest BCUT2D eigenvalue weighted by atomic mass is 16.5. The lowest BCUT2D eigenvalue weighted by Crippen LogP contribution is -2.14. The molecule has 0 aliphatic carbocycles. The molecule has 2 rings (SSSR count). The monoisotopic (exact) mass is 219 g/mol. The molecule has 1 atom stereocenters. The van der Waals surface area contributed by atoms with Crippen molar-refractivity contribution in [1.29, 1.82) is 0 Å². The molecule has 0 saturated carbocycles. The number of rotatable bonds is 2. The molecule has 0 fully saturated rings. The Morgan fingerprint density at radius 1 is 1.38 bits per heavy atom. The standard InChI is InChI=1S/C12H13NO3/c1-7(14)10-5-8-3-4-9(16-2)6-11(8)13-12(10)15/h3-7,14H,1-2H3,(H,13,15). The van der Waals surface area contributed by atoms with Gasteiger partial charge in [0.15, 0.2) is 0 Å². The van der Waals surface area contributed by atoms with E-state index in [9.17, 15) is 9.90 Å². The quantitative estimate of drug-likeness (QED) is 0.806. The second-order valence-corrected chi connectivity index (χ2v) is 3.68. The van der Waals surface area contributed by atoms with Gasteiger partial charge in [-0.25, -0.2) is 0 Å². The largest absolute Gasteiger partial charge is 0.497 e. The number of benzene rings is 1. The van der Waals surface area contributed by atoms with Gasteiger partial charge in [-0.3, -0.25) is 4.79 Å². The summed E-state index contributed by atoms with van der Waals surface area (Å²) in [5.74, 6) is 0.688. The van der Waals surface area contributed by atoms with Gasteiger partial charge in [-0.2, -0.15) is 0 Å². The van der Waals surface area contributed by atoms with Crippen LogP contribution in [0.1, 0.15) is 18.6 Å². The Bertz CT molecular complexity index is 572. The van der Waals surface area contributed by atoms with Gasteiger partial charge in [-0.05, 0) is 30.5 Å².